The minimum Gasteiger partial charge on any atom is -0.273 e. The van der Waals surface area contributed by atoms with Gasteiger partial charge in [0.2, 0.25) is 5.91 Å². The SMILES string of the molecule is Cc1ccc(C23CC4CC(CC(C(=O)N/N=C/c5cccs5)(C4)C2)C3)cc1. The van der Waals surface area contributed by atoms with E-state index in [-0.39, 0.29) is 16.7 Å². The molecule has 2 unspecified atom stereocenters. The largest absolute Gasteiger partial charge is 0.273 e. The van der Waals surface area contributed by atoms with Gasteiger partial charge in [0.1, 0.15) is 0 Å². The number of hydrogen-bond donors (Lipinski definition) is 1. The third-order valence-corrected chi connectivity index (χ3v) is 7.91. The first kappa shape index (κ1) is 17.2. The van der Waals surface area contributed by atoms with E-state index in [1.165, 1.54) is 30.4 Å². The lowest BCUT2D eigenvalue weighted by atomic mass is 9.42. The predicted octanol–water partition coefficient (Wildman–Crippen LogP) is 5.04. The zero-order valence-electron chi connectivity index (χ0n) is 15.8. The Morgan fingerprint density at radius 3 is 2.56 bits per heavy atom. The molecular weight excluding hydrogens is 352 g/mol. The molecule has 0 spiro atoms. The first-order valence-corrected chi connectivity index (χ1v) is 10.9. The minimum absolute atomic E-state index is 0.140. The van der Waals surface area contributed by atoms with E-state index >= 15 is 0 Å². The highest BCUT2D eigenvalue weighted by molar-refractivity contribution is 7.11. The molecule has 1 amide bonds. The third kappa shape index (κ3) is 2.94. The molecule has 1 aromatic heterocycles. The van der Waals surface area contributed by atoms with Gasteiger partial charge in [-0.2, -0.15) is 5.10 Å². The Bertz CT molecular complexity index is 854. The molecule has 140 valence electrons. The van der Waals surface area contributed by atoms with E-state index in [0.717, 1.165) is 24.1 Å². The number of carbonyl (C=O) groups excluding carboxylic acids is 1. The standard InChI is InChI=1S/C23H26N2OS/c1-16-4-6-19(7-5-16)22-10-17-9-18(11-22)13-23(12-17,15-22)21(26)25-24-14-20-3-2-8-27-20/h2-8,14,17-18H,9-13,15H2,1H3,(H,25,26)/b24-14+. The smallest absolute Gasteiger partial charge is 0.246 e. The number of hydrogen-bond acceptors (Lipinski definition) is 3. The highest BCUT2D eigenvalue weighted by atomic mass is 32.1. The van der Waals surface area contributed by atoms with E-state index in [1.54, 1.807) is 17.6 Å². The first-order valence-electron chi connectivity index (χ1n) is 10.0. The lowest BCUT2D eigenvalue weighted by Gasteiger charge is -2.61. The van der Waals surface area contributed by atoms with Crippen LogP contribution in [0.4, 0.5) is 0 Å². The number of nitrogens with zero attached hydrogens (tertiary/aromatic N) is 1. The van der Waals surface area contributed by atoms with Gasteiger partial charge in [0, 0.05) is 4.88 Å². The van der Waals surface area contributed by atoms with Crippen molar-refractivity contribution in [2.24, 2.45) is 22.4 Å². The number of aryl methyl sites for hydroxylation is 1. The molecule has 0 saturated heterocycles. The summed E-state index contributed by atoms with van der Waals surface area (Å²) in [6.45, 7) is 2.14. The van der Waals surface area contributed by atoms with Gasteiger partial charge in [-0.05, 0) is 79.7 Å². The molecule has 4 aliphatic carbocycles. The molecule has 0 radical (unpaired) electrons. The third-order valence-electron chi connectivity index (χ3n) is 7.11. The molecule has 4 bridgehead atoms. The summed E-state index contributed by atoms with van der Waals surface area (Å²) >= 11 is 1.63. The number of amides is 1. The quantitative estimate of drug-likeness (QED) is 0.587. The van der Waals surface area contributed by atoms with Crippen molar-refractivity contribution >= 4 is 23.5 Å². The fourth-order valence-electron chi connectivity index (χ4n) is 6.41. The number of rotatable bonds is 4. The molecule has 4 fully saturated rings. The first-order chi connectivity index (χ1) is 13.1. The highest BCUT2D eigenvalue weighted by Crippen LogP contribution is 2.65. The molecule has 6 rings (SSSR count). The molecule has 1 N–H and O–H groups in total. The normalized spacial score (nSPS) is 34.3. The maximum absolute atomic E-state index is 13.2. The summed E-state index contributed by atoms with van der Waals surface area (Å²) in [6, 6.07) is 13.1. The van der Waals surface area contributed by atoms with Crippen LogP contribution in [0, 0.1) is 24.2 Å². The Labute approximate surface area is 164 Å². The minimum atomic E-state index is -0.234. The van der Waals surface area contributed by atoms with Crippen molar-refractivity contribution in [2.45, 2.75) is 50.9 Å². The fraction of sp³-hybridized carbons (Fsp3) is 0.478. The average molecular weight is 379 g/mol. The van der Waals surface area contributed by atoms with Crippen molar-refractivity contribution in [3.05, 3.63) is 57.8 Å². The second kappa shape index (κ2) is 6.30. The molecule has 1 heterocycles. The van der Waals surface area contributed by atoms with Crippen LogP contribution in [0.1, 0.15) is 54.5 Å². The van der Waals surface area contributed by atoms with Crippen LogP contribution in [0.25, 0.3) is 0 Å². The molecule has 3 nitrogen and oxygen atoms in total. The zero-order chi connectivity index (χ0) is 18.5. The topological polar surface area (TPSA) is 41.5 Å². The highest BCUT2D eigenvalue weighted by Gasteiger charge is 2.60. The van der Waals surface area contributed by atoms with E-state index < -0.39 is 0 Å². The number of thiophene rings is 1. The van der Waals surface area contributed by atoms with Gasteiger partial charge in [-0.3, -0.25) is 4.79 Å². The molecule has 4 aliphatic rings. The van der Waals surface area contributed by atoms with Gasteiger partial charge in [-0.1, -0.05) is 35.9 Å². The summed E-state index contributed by atoms with van der Waals surface area (Å²) in [5, 5.41) is 6.29. The van der Waals surface area contributed by atoms with Gasteiger partial charge in [0.15, 0.2) is 0 Å². The molecule has 2 atom stereocenters. The van der Waals surface area contributed by atoms with E-state index in [4.69, 9.17) is 0 Å². The number of nitrogens with one attached hydrogen (secondary N) is 1. The molecule has 27 heavy (non-hydrogen) atoms. The molecule has 4 saturated carbocycles. The Morgan fingerprint density at radius 2 is 1.89 bits per heavy atom. The van der Waals surface area contributed by atoms with E-state index in [1.807, 2.05) is 17.5 Å². The van der Waals surface area contributed by atoms with Gasteiger partial charge < -0.3 is 0 Å². The average Bonchev–Trinajstić information content (AvgIpc) is 3.14. The van der Waals surface area contributed by atoms with Crippen LogP contribution in [0.2, 0.25) is 0 Å². The number of benzene rings is 1. The lowest BCUT2D eigenvalue weighted by Crippen LogP contribution is -2.58. The van der Waals surface area contributed by atoms with E-state index in [2.05, 4.69) is 41.7 Å². The van der Waals surface area contributed by atoms with Gasteiger partial charge in [-0.15, -0.1) is 11.3 Å². The Kier molecular flexibility index (Phi) is 4.01. The van der Waals surface area contributed by atoms with Crippen molar-refractivity contribution < 1.29 is 4.79 Å². The van der Waals surface area contributed by atoms with Gasteiger partial charge >= 0.3 is 0 Å². The second-order valence-electron chi connectivity index (χ2n) is 9.10. The van der Waals surface area contributed by atoms with Crippen LogP contribution in [0.3, 0.4) is 0 Å². The van der Waals surface area contributed by atoms with Crippen molar-refractivity contribution in [1.82, 2.24) is 5.43 Å². The van der Waals surface area contributed by atoms with Gasteiger partial charge in [0.25, 0.3) is 0 Å². The van der Waals surface area contributed by atoms with Crippen molar-refractivity contribution in [3.63, 3.8) is 0 Å². The van der Waals surface area contributed by atoms with Crippen molar-refractivity contribution in [3.8, 4) is 0 Å². The lowest BCUT2D eigenvalue weighted by molar-refractivity contribution is -0.149. The molecule has 2 aromatic rings. The summed E-state index contributed by atoms with van der Waals surface area (Å²) in [4.78, 5) is 14.3. The van der Waals surface area contributed by atoms with Crippen LogP contribution in [0.5, 0.6) is 0 Å². The molecular formula is C23H26N2OS. The van der Waals surface area contributed by atoms with Gasteiger partial charge in [0.05, 0.1) is 11.6 Å². The van der Waals surface area contributed by atoms with Gasteiger partial charge in [-0.25, -0.2) is 5.43 Å². The van der Waals surface area contributed by atoms with E-state index in [0.29, 0.717) is 11.8 Å². The second-order valence-corrected chi connectivity index (χ2v) is 10.1. The monoisotopic (exact) mass is 378 g/mol. The summed E-state index contributed by atoms with van der Waals surface area (Å²) in [5.41, 5.74) is 5.60. The summed E-state index contributed by atoms with van der Waals surface area (Å²) in [7, 11) is 0. The summed E-state index contributed by atoms with van der Waals surface area (Å²) in [5.74, 6) is 1.50. The predicted molar refractivity (Wildman–Crippen MR) is 110 cm³/mol. The van der Waals surface area contributed by atoms with E-state index in [9.17, 15) is 4.79 Å². The Hall–Kier alpha value is -1.94. The maximum atomic E-state index is 13.2. The maximum Gasteiger partial charge on any atom is 0.246 e. The number of carbonyl (C=O) groups is 1. The fourth-order valence-corrected chi connectivity index (χ4v) is 7.00. The van der Waals surface area contributed by atoms with Crippen LogP contribution in [0.15, 0.2) is 46.9 Å². The van der Waals surface area contributed by atoms with Crippen LogP contribution in [-0.4, -0.2) is 12.1 Å². The Balaban J connectivity index is 1.41. The van der Waals surface area contributed by atoms with Crippen LogP contribution >= 0.6 is 11.3 Å². The van der Waals surface area contributed by atoms with Crippen molar-refractivity contribution in [1.29, 1.82) is 0 Å². The molecule has 1 aromatic carbocycles. The van der Waals surface area contributed by atoms with Crippen molar-refractivity contribution in [2.75, 3.05) is 0 Å². The van der Waals surface area contributed by atoms with Crippen LogP contribution < -0.4 is 5.43 Å². The summed E-state index contributed by atoms with van der Waals surface area (Å²) in [6.07, 6.45) is 8.63. The number of hydrazone groups is 1. The van der Waals surface area contributed by atoms with Crippen LogP contribution in [-0.2, 0) is 10.2 Å². The molecule has 4 heteroatoms. The zero-order valence-corrected chi connectivity index (χ0v) is 16.6. The molecule has 0 aliphatic heterocycles. The summed E-state index contributed by atoms with van der Waals surface area (Å²) < 4.78 is 0. The Morgan fingerprint density at radius 1 is 1.15 bits per heavy atom.